The summed E-state index contributed by atoms with van der Waals surface area (Å²) in [6, 6.07) is 0. The highest BCUT2D eigenvalue weighted by Gasteiger charge is 2.19. The molecule has 0 aliphatic carbocycles. The van der Waals surface area contributed by atoms with E-state index in [1.165, 1.54) is 44.9 Å². The zero-order valence-corrected chi connectivity index (χ0v) is 13.3. The highest BCUT2D eigenvalue weighted by molar-refractivity contribution is 8.14. The van der Waals surface area contributed by atoms with Gasteiger partial charge in [-0.3, -0.25) is 0 Å². The smallest absolute Gasteiger partial charge is 0.171 e. The van der Waals surface area contributed by atoms with Gasteiger partial charge >= 0.3 is 0 Å². The van der Waals surface area contributed by atoms with Gasteiger partial charge in [0, 0.05) is 5.41 Å². The number of hydrogen-bond acceptors (Lipinski definition) is 3. The first-order valence-electron chi connectivity index (χ1n) is 7.12. The van der Waals surface area contributed by atoms with Gasteiger partial charge in [-0.25, -0.2) is 0 Å². The van der Waals surface area contributed by atoms with Gasteiger partial charge in [0.25, 0.3) is 0 Å². The van der Waals surface area contributed by atoms with Gasteiger partial charge in [-0.2, -0.15) is 10.3 Å². The van der Waals surface area contributed by atoms with E-state index in [1.807, 2.05) is 6.19 Å². The second kappa shape index (κ2) is 10.4. The van der Waals surface area contributed by atoms with Crippen LogP contribution in [-0.4, -0.2) is 10.8 Å². The summed E-state index contributed by atoms with van der Waals surface area (Å²) in [6.07, 6.45) is 11.2. The van der Waals surface area contributed by atoms with E-state index in [0.29, 0.717) is 0 Å². The fourth-order valence-corrected chi connectivity index (χ4v) is 2.77. The minimum atomic E-state index is 0.00151. The molecule has 0 radical (unpaired) electrons. The molecule has 0 aromatic carbocycles. The van der Waals surface area contributed by atoms with E-state index >= 15 is 0 Å². The molecule has 0 amide bonds. The van der Waals surface area contributed by atoms with Crippen molar-refractivity contribution >= 4 is 16.8 Å². The van der Waals surface area contributed by atoms with E-state index in [2.05, 4.69) is 32.7 Å². The lowest BCUT2D eigenvalue weighted by atomic mass is 9.99. The molecule has 2 nitrogen and oxygen atoms in total. The molecular weight excluding hydrogens is 240 g/mol. The van der Waals surface area contributed by atoms with Gasteiger partial charge in [-0.05, 0) is 12.2 Å². The van der Waals surface area contributed by atoms with Crippen LogP contribution >= 0.6 is 11.8 Å². The quantitative estimate of drug-likeness (QED) is 0.256. The zero-order valence-electron chi connectivity index (χ0n) is 12.5. The SMILES string of the molecule is CCCCCCCCCSC(=NC#N)C(C)(C)C. The third kappa shape index (κ3) is 9.53. The summed E-state index contributed by atoms with van der Waals surface area (Å²) in [7, 11) is 0. The van der Waals surface area contributed by atoms with E-state index in [0.717, 1.165) is 10.8 Å². The average molecular weight is 268 g/mol. The molecule has 0 rings (SSSR count). The Bertz CT molecular complexity index is 271. The van der Waals surface area contributed by atoms with E-state index in [4.69, 9.17) is 5.26 Å². The Morgan fingerprint density at radius 1 is 1.06 bits per heavy atom. The van der Waals surface area contributed by atoms with Crippen LogP contribution in [0.15, 0.2) is 4.99 Å². The Kier molecular flexibility index (Phi) is 10.2. The van der Waals surface area contributed by atoms with Gasteiger partial charge in [0.2, 0.25) is 6.19 Å². The molecule has 0 saturated heterocycles. The predicted octanol–water partition coefficient (Wildman–Crippen LogP) is 5.40. The maximum absolute atomic E-state index is 8.67. The van der Waals surface area contributed by atoms with Crippen molar-refractivity contribution in [2.75, 3.05) is 5.75 Å². The molecule has 0 aliphatic heterocycles. The summed E-state index contributed by atoms with van der Waals surface area (Å²) in [5, 5.41) is 9.64. The molecule has 0 aliphatic rings. The number of thioether (sulfide) groups is 1. The molecule has 0 unspecified atom stereocenters. The van der Waals surface area contributed by atoms with Gasteiger partial charge < -0.3 is 0 Å². The topological polar surface area (TPSA) is 36.1 Å². The molecule has 0 atom stereocenters. The third-order valence-corrected chi connectivity index (χ3v) is 4.25. The normalized spacial score (nSPS) is 12.5. The van der Waals surface area contributed by atoms with Crippen molar-refractivity contribution in [3.05, 3.63) is 0 Å². The Balaban J connectivity index is 3.64. The molecule has 0 aromatic heterocycles. The van der Waals surface area contributed by atoms with Crippen LogP contribution < -0.4 is 0 Å². The number of rotatable bonds is 8. The summed E-state index contributed by atoms with van der Waals surface area (Å²) in [5.41, 5.74) is 0.00151. The van der Waals surface area contributed by atoms with Crippen molar-refractivity contribution in [2.24, 2.45) is 10.4 Å². The zero-order chi connectivity index (χ0) is 13.9. The largest absolute Gasteiger partial charge is 0.206 e. The molecule has 0 heterocycles. The maximum Gasteiger partial charge on any atom is 0.206 e. The van der Waals surface area contributed by atoms with Crippen molar-refractivity contribution in [1.29, 1.82) is 5.26 Å². The van der Waals surface area contributed by atoms with Crippen LogP contribution in [-0.2, 0) is 0 Å². The van der Waals surface area contributed by atoms with Gasteiger partial charge in [0.1, 0.15) is 0 Å². The summed E-state index contributed by atoms with van der Waals surface area (Å²) >= 11 is 1.75. The summed E-state index contributed by atoms with van der Waals surface area (Å²) < 4.78 is 0. The van der Waals surface area contributed by atoms with Crippen LogP contribution in [0, 0.1) is 16.9 Å². The van der Waals surface area contributed by atoms with E-state index in [9.17, 15) is 0 Å². The van der Waals surface area contributed by atoms with Crippen LogP contribution in [0.25, 0.3) is 0 Å². The number of unbranched alkanes of at least 4 members (excludes halogenated alkanes) is 6. The lowest BCUT2D eigenvalue weighted by Gasteiger charge is -2.19. The predicted molar refractivity (Wildman–Crippen MR) is 83.0 cm³/mol. The molecular formula is C15H28N2S. The summed E-state index contributed by atoms with van der Waals surface area (Å²) in [5.74, 6) is 1.09. The molecule has 0 fully saturated rings. The minimum Gasteiger partial charge on any atom is -0.171 e. The fraction of sp³-hybridized carbons (Fsp3) is 0.867. The monoisotopic (exact) mass is 268 g/mol. The second-order valence-corrected chi connectivity index (χ2v) is 6.82. The number of aliphatic imine (C=N–C) groups is 1. The number of nitriles is 1. The van der Waals surface area contributed by atoms with Crippen LogP contribution in [0.4, 0.5) is 0 Å². The molecule has 0 saturated carbocycles. The Morgan fingerprint density at radius 3 is 2.11 bits per heavy atom. The maximum atomic E-state index is 8.67. The third-order valence-electron chi connectivity index (χ3n) is 2.78. The first-order valence-corrected chi connectivity index (χ1v) is 8.11. The fourth-order valence-electron chi connectivity index (χ4n) is 1.69. The van der Waals surface area contributed by atoms with Crippen LogP contribution in [0.5, 0.6) is 0 Å². The van der Waals surface area contributed by atoms with Crippen molar-refractivity contribution in [3.8, 4) is 6.19 Å². The molecule has 0 aromatic rings. The lowest BCUT2D eigenvalue weighted by Crippen LogP contribution is -2.17. The average Bonchev–Trinajstić information content (AvgIpc) is 2.30. The first kappa shape index (κ1) is 17.5. The molecule has 3 heteroatoms. The Hall–Kier alpha value is -0.490. The van der Waals surface area contributed by atoms with E-state index in [1.54, 1.807) is 11.8 Å². The van der Waals surface area contributed by atoms with Crippen molar-refractivity contribution < 1.29 is 0 Å². The molecule has 18 heavy (non-hydrogen) atoms. The Morgan fingerprint density at radius 2 is 1.61 bits per heavy atom. The van der Waals surface area contributed by atoms with Crippen molar-refractivity contribution in [3.63, 3.8) is 0 Å². The van der Waals surface area contributed by atoms with E-state index < -0.39 is 0 Å². The van der Waals surface area contributed by atoms with Crippen molar-refractivity contribution in [2.45, 2.75) is 72.6 Å². The minimum absolute atomic E-state index is 0.00151. The lowest BCUT2D eigenvalue weighted by molar-refractivity contribution is 0.599. The number of hydrogen-bond donors (Lipinski definition) is 0. The molecule has 0 N–H and O–H groups in total. The van der Waals surface area contributed by atoms with Crippen LogP contribution in [0.2, 0.25) is 0 Å². The summed E-state index contributed by atoms with van der Waals surface area (Å²) in [6.45, 7) is 8.59. The van der Waals surface area contributed by atoms with Crippen molar-refractivity contribution in [1.82, 2.24) is 0 Å². The second-order valence-electron chi connectivity index (χ2n) is 5.74. The Labute approximate surface area is 117 Å². The van der Waals surface area contributed by atoms with Gasteiger partial charge in [-0.1, -0.05) is 66.2 Å². The van der Waals surface area contributed by atoms with Gasteiger partial charge in [0.15, 0.2) is 0 Å². The number of nitrogens with zero attached hydrogens (tertiary/aromatic N) is 2. The van der Waals surface area contributed by atoms with Gasteiger partial charge in [-0.15, -0.1) is 11.8 Å². The summed E-state index contributed by atoms with van der Waals surface area (Å²) in [4.78, 5) is 3.94. The standard InChI is InChI=1S/C15H28N2S/c1-5-6-7-8-9-10-11-12-18-14(17-13-16)15(2,3)4/h5-12H2,1-4H3. The molecule has 104 valence electrons. The molecule has 0 bridgehead atoms. The first-order chi connectivity index (χ1) is 8.52. The highest BCUT2D eigenvalue weighted by atomic mass is 32.2. The van der Waals surface area contributed by atoms with Gasteiger partial charge in [0.05, 0.1) is 5.04 Å². The van der Waals surface area contributed by atoms with E-state index in [-0.39, 0.29) is 5.41 Å². The van der Waals surface area contributed by atoms with Crippen LogP contribution in [0.1, 0.15) is 72.6 Å². The molecule has 0 spiro atoms. The van der Waals surface area contributed by atoms with Crippen LogP contribution in [0.3, 0.4) is 0 Å². The highest BCUT2D eigenvalue weighted by Crippen LogP contribution is 2.25.